The average Bonchev–Trinajstić information content (AvgIpc) is 2.79. The van der Waals surface area contributed by atoms with E-state index in [9.17, 15) is 0 Å². The van der Waals surface area contributed by atoms with E-state index in [-0.39, 0.29) is 12.0 Å². The molecule has 0 radical (unpaired) electrons. The predicted octanol–water partition coefficient (Wildman–Crippen LogP) is 0.453. The van der Waals surface area contributed by atoms with Crippen molar-refractivity contribution in [3.05, 3.63) is 18.0 Å². The second-order valence-electron chi connectivity index (χ2n) is 3.07. The Labute approximate surface area is 97.2 Å². The van der Waals surface area contributed by atoms with Gasteiger partial charge in [-0.05, 0) is 6.92 Å². The van der Waals surface area contributed by atoms with E-state index in [4.69, 9.17) is 15.0 Å². The number of nitrogens with two attached hydrogens (primary N) is 1. The molecule has 0 saturated heterocycles. The molecular formula is C9H12N6O2. The van der Waals surface area contributed by atoms with Gasteiger partial charge < -0.3 is 20.3 Å². The summed E-state index contributed by atoms with van der Waals surface area (Å²) in [5, 5.41) is 6.51. The highest BCUT2D eigenvalue weighted by Crippen LogP contribution is 2.09. The van der Waals surface area contributed by atoms with Gasteiger partial charge in [-0.25, -0.2) is 0 Å². The van der Waals surface area contributed by atoms with Crippen LogP contribution in [0.25, 0.3) is 0 Å². The molecule has 0 aromatic carbocycles. The molecule has 0 unspecified atom stereocenters. The fourth-order valence-electron chi connectivity index (χ4n) is 1.14. The average molecular weight is 236 g/mol. The largest absolute Gasteiger partial charge is 0.464 e. The molecule has 0 aliphatic rings. The van der Waals surface area contributed by atoms with Crippen molar-refractivity contribution in [2.45, 2.75) is 13.5 Å². The first-order chi connectivity index (χ1) is 8.28. The van der Waals surface area contributed by atoms with Gasteiger partial charge in [0.2, 0.25) is 11.9 Å². The molecule has 0 aliphatic carbocycles. The third kappa shape index (κ3) is 3.03. The number of hydrogen-bond acceptors (Lipinski definition) is 8. The summed E-state index contributed by atoms with van der Waals surface area (Å²) in [6, 6.07) is 1.93. The lowest BCUT2D eigenvalue weighted by Gasteiger charge is -2.05. The van der Waals surface area contributed by atoms with E-state index in [1.165, 1.54) is 0 Å². The number of hydrogen-bond donors (Lipinski definition) is 2. The van der Waals surface area contributed by atoms with Gasteiger partial charge in [-0.3, -0.25) is 0 Å². The highest BCUT2D eigenvalue weighted by molar-refractivity contribution is 5.32. The maximum atomic E-state index is 5.52. The molecule has 90 valence electrons. The highest BCUT2D eigenvalue weighted by Gasteiger charge is 2.05. The molecule has 2 aromatic rings. The molecule has 2 rings (SSSR count). The molecule has 0 fully saturated rings. The van der Waals surface area contributed by atoms with Crippen molar-refractivity contribution in [3.8, 4) is 6.01 Å². The van der Waals surface area contributed by atoms with Gasteiger partial charge >= 0.3 is 6.01 Å². The Morgan fingerprint density at radius 1 is 1.41 bits per heavy atom. The van der Waals surface area contributed by atoms with Crippen LogP contribution in [0.1, 0.15) is 12.7 Å². The summed E-state index contributed by atoms with van der Waals surface area (Å²) < 4.78 is 10.1. The van der Waals surface area contributed by atoms with Crippen LogP contribution in [-0.2, 0) is 6.54 Å². The van der Waals surface area contributed by atoms with E-state index in [0.29, 0.717) is 24.9 Å². The SMILES string of the molecule is CCOc1nc(N)nc(NCc2ccno2)n1. The Morgan fingerprint density at radius 2 is 2.29 bits per heavy atom. The molecule has 8 heteroatoms. The zero-order valence-corrected chi connectivity index (χ0v) is 9.25. The summed E-state index contributed by atoms with van der Waals surface area (Å²) in [4.78, 5) is 11.8. The molecule has 3 N–H and O–H groups in total. The summed E-state index contributed by atoms with van der Waals surface area (Å²) >= 11 is 0. The minimum Gasteiger partial charge on any atom is -0.464 e. The second kappa shape index (κ2) is 5.10. The zero-order chi connectivity index (χ0) is 12.1. The first kappa shape index (κ1) is 11.1. The van der Waals surface area contributed by atoms with Crippen molar-refractivity contribution in [3.63, 3.8) is 0 Å². The molecule has 2 aromatic heterocycles. The summed E-state index contributed by atoms with van der Waals surface area (Å²) in [5.74, 6) is 1.10. The number of rotatable bonds is 5. The lowest BCUT2D eigenvalue weighted by molar-refractivity contribution is 0.312. The van der Waals surface area contributed by atoms with Gasteiger partial charge in [-0.15, -0.1) is 0 Å². The van der Waals surface area contributed by atoms with Crippen molar-refractivity contribution >= 4 is 11.9 Å². The molecule has 0 saturated carbocycles. The van der Waals surface area contributed by atoms with Crippen LogP contribution >= 0.6 is 0 Å². The van der Waals surface area contributed by atoms with Crippen molar-refractivity contribution in [1.82, 2.24) is 20.1 Å². The lowest BCUT2D eigenvalue weighted by atomic mass is 10.4. The van der Waals surface area contributed by atoms with Gasteiger partial charge in [0.1, 0.15) is 0 Å². The number of nitrogen functional groups attached to an aromatic ring is 1. The highest BCUT2D eigenvalue weighted by atomic mass is 16.5. The number of aromatic nitrogens is 4. The molecule has 0 atom stereocenters. The van der Waals surface area contributed by atoms with Gasteiger partial charge in [-0.1, -0.05) is 5.16 Å². The summed E-state index contributed by atoms with van der Waals surface area (Å²) in [5.41, 5.74) is 5.52. The van der Waals surface area contributed by atoms with Crippen molar-refractivity contribution in [2.24, 2.45) is 0 Å². The number of anilines is 2. The monoisotopic (exact) mass is 236 g/mol. The molecule has 0 spiro atoms. The Morgan fingerprint density at radius 3 is 3.00 bits per heavy atom. The molecule has 17 heavy (non-hydrogen) atoms. The Bertz CT molecular complexity index is 472. The second-order valence-corrected chi connectivity index (χ2v) is 3.07. The van der Waals surface area contributed by atoms with E-state index < -0.39 is 0 Å². The van der Waals surface area contributed by atoms with Gasteiger partial charge in [0.05, 0.1) is 19.3 Å². The van der Waals surface area contributed by atoms with Crippen molar-refractivity contribution in [1.29, 1.82) is 0 Å². The molecular weight excluding hydrogens is 224 g/mol. The summed E-state index contributed by atoms with van der Waals surface area (Å²) in [6.45, 7) is 2.71. The van der Waals surface area contributed by atoms with Crippen LogP contribution in [0, 0.1) is 0 Å². The Hall–Kier alpha value is -2.38. The van der Waals surface area contributed by atoms with Gasteiger partial charge in [0.15, 0.2) is 5.76 Å². The molecule has 0 amide bonds. The van der Waals surface area contributed by atoms with Crippen molar-refractivity contribution < 1.29 is 9.26 Å². The van der Waals surface area contributed by atoms with E-state index in [1.807, 2.05) is 6.92 Å². The van der Waals surface area contributed by atoms with Gasteiger partial charge in [0, 0.05) is 6.07 Å². The lowest BCUT2D eigenvalue weighted by Crippen LogP contribution is -2.08. The standard InChI is InChI=1S/C9H12N6O2/c1-2-16-9-14-7(10)13-8(15-9)11-5-6-3-4-12-17-6/h3-4H,2,5H2,1H3,(H3,10,11,13,14,15). The molecule has 0 aliphatic heterocycles. The van der Waals surface area contributed by atoms with Crippen LogP contribution in [0.3, 0.4) is 0 Å². The predicted molar refractivity (Wildman–Crippen MR) is 59.2 cm³/mol. The molecule has 0 bridgehead atoms. The fourth-order valence-corrected chi connectivity index (χ4v) is 1.14. The van der Waals surface area contributed by atoms with Gasteiger partial charge in [0.25, 0.3) is 0 Å². The maximum absolute atomic E-state index is 5.52. The van der Waals surface area contributed by atoms with Crippen LogP contribution in [0.5, 0.6) is 6.01 Å². The normalized spacial score (nSPS) is 10.2. The minimum atomic E-state index is 0.100. The molecule has 8 nitrogen and oxygen atoms in total. The van der Waals surface area contributed by atoms with Crippen LogP contribution < -0.4 is 15.8 Å². The third-order valence-electron chi connectivity index (χ3n) is 1.82. The van der Waals surface area contributed by atoms with E-state index in [0.717, 1.165) is 0 Å². The van der Waals surface area contributed by atoms with Crippen LogP contribution in [0.4, 0.5) is 11.9 Å². The zero-order valence-electron chi connectivity index (χ0n) is 9.25. The Balaban J connectivity index is 2.04. The smallest absolute Gasteiger partial charge is 0.323 e. The maximum Gasteiger partial charge on any atom is 0.323 e. The van der Waals surface area contributed by atoms with Crippen molar-refractivity contribution in [2.75, 3.05) is 17.7 Å². The topological polar surface area (TPSA) is 112 Å². The van der Waals surface area contributed by atoms with Crippen LogP contribution in [0.2, 0.25) is 0 Å². The number of nitrogens with zero attached hydrogens (tertiary/aromatic N) is 4. The van der Waals surface area contributed by atoms with Gasteiger partial charge in [-0.2, -0.15) is 15.0 Å². The number of nitrogens with one attached hydrogen (secondary N) is 1. The quantitative estimate of drug-likeness (QED) is 0.769. The summed E-state index contributed by atoms with van der Waals surface area (Å²) in [7, 11) is 0. The van der Waals surface area contributed by atoms with E-state index in [2.05, 4.69) is 25.4 Å². The van der Waals surface area contributed by atoms with Crippen LogP contribution in [-0.4, -0.2) is 26.7 Å². The van der Waals surface area contributed by atoms with Crippen LogP contribution in [0.15, 0.2) is 16.8 Å². The fraction of sp³-hybridized carbons (Fsp3) is 0.333. The summed E-state index contributed by atoms with van der Waals surface area (Å²) in [6.07, 6.45) is 1.56. The first-order valence-electron chi connectivity index (χ1n) is 5.05. The number of ether oxygens (including phenoxy) is 1. The third-order valence-corrected chi connectivity index (χ3v) is 1.82. The van der Waals surface area contributed by atoms with E-state index in [1.54, 1.807) is 12.3 Å². The first-order valence-corrected chi connectivity index (χ1v) is 5.05. The Kier molecular flexibility index (Phi) is 3.34. The van der Waals surface area contributed by atoms with E-state index >= 15 is 0 Å². The molecule has 2 heterocycles. The minimum absolute atomic E-state index is 0.100.